The van der Waals surface area contributed by atoms with Gasteiger partial charge in [0, 0.05) is 21.8 Å². The predicted octanol–water partition coefficient (Wildman–Crippen LogP) is 3.74. The highest BCUT2D eigenvalue weighted by Crippen LogP contribution is 2.19. The molecule has 2 aromatic carbocycles. The fourth-order valence-electron chi connectivity index (χ4n) is 1.67. The van der Waals surface area contributed by atoms with E-state index in [0.717, 1.165) is 6.07 Å². The molecule has 21 heavy (non-hydrogen) atoms. The highest BCUT2D eigenvalue weighted by molar-refractivity contribution is 9.10. The number of carbonyl (C=O) groups excluding carboxylic acids is 1. The molecule has 1 N–H and O–H groups in total. The maximum atomic E-state index is 13.3. The third-order valence-corrected chi connectivity index (χ3v) is 2.98. The fraction of sp³-hybridized carbons (Fsp3) is 0.0667. The Bertz CT molecular complexity index is 693. The second kappa shape index (κ2) is 6.86. The van der Waals surface area contributed by atoms with E-state index in [0.29, 0.717) is 15.9 Å². The van der Waals surface area contributed by atoms with Crippen LogP contribution in [-0.2, 0) is 0 Å². The Balaban J connectivity index is 2.14. The van der Waals surface area contributed by atoms with E-state index in [1.807, 2.05) is 6.07 Å². The molecule has 0 saturated carbocycles. The van der Waals surface area contributed by atoms with Crippen molar-refractivity contribution >= 4 is 27.5 Å². The molecule has 0 atom stereocenters. The van der Waals surface area contributed by atoms with Crippen LogP contribution in [0.2, 0.25) is 0 Å². The summed E-state index contributed by atoms with van der Waals surface area (Å²) in [6, 6.07) is 12.4. The molecule has 0 radical (unpaired) electrons. The van der Waals surface area contributed by atoms with Gasteiger partial charge in [-0.15, -0.1) is 0 Å². The van der Waals surface area contributed by atoms with Crippen LogP contribution in [-0.4, -0.2) is 12.5 Å². The van der Waals surface area contributed by atoms with Crippen LogP contribution in [0.4, 0.5) is 10.1 Å². The third kappa shape index (κ3) is 4.29. The van der Waals surface area contributed by atoms with Crippen molar-refractivity contribution in [3.05, 3.63) is 58.3 Å². The summed E-state index contributed by atoms with van der Waals surface area (Å²) in [6.45, 7) is -0.0752. The van der Waals surface area contributed by atoms with Crippen LogP contribution in [0.25, 0.3) is 0 Å². The van der Waals surface area contributed by atoms with Gasteiger partial charge in [-0.05, 0) is 30.3 Å². The summed E-state index contributed by atoms with van der Waals surface area (Å²) >= 11 is 3.14. The van der Waals surface area contributed by atoms with Crippen LogP contribution < -0.4 is 10.1 Å². The zero-order valence-electron chi connectivity index (χ0n) is 10.8. The van der Waals surface area contributed by atoms with Crippen LogP contribution in [0.1, 0.15) is 10.4 Å². The Labute approximate surface area is 129 Å². The zero-order valence-corrected chi connectivity index (χ0v) is 12.4. The van der Waals surface area contributed by atoms with Crippen molar-refractivity contribution in [2.45, 2.75) is 0 Å². The van der Waals surface area contributed by atoms with Gasteiger partial charge in [0.15, 0.2) is 6.61 Å². The molecule has 6 heteroatoms. The number of nitriles is 1. The van der Waals surface area contributed by atoms with Crippen molar-refractivity contribution in [2.75, 3.05) is 11.9 Å². The van der Waals surface area contributed by atoms with Crippen LogP contribution in [0.15, 0.2) is 46.9 Å². The summed E-state index contributed by atoms with van der Waals surface area (Å²) in [4.78, 5) is 12.1. The fourth-order valence-corrected chi connectivity index (χ4v) is 2.13. The number of amides is 1. The average Bonchev–Trinajstić information content (AvgIpc) is 2.44. The molecular formula is C15H10BrFN2O2. The lowest BCUT2D eigenvalue weighted by Gasteiger charge is -2.08. The van der Waals surface area contributed by atoms with Crippen LogP contribution in [0, 0.1) is 17.1 Å². The molecule has 4 nitrogen and oxygen atoms in total. The molecule has 1 amide bonds. The molecule has 2 aromatic rings. The summed E-state index contributed by atoms with van der Waals surface area (Å²) in [6.07, 6.45) is 0. The number of nitrogens with zero attached hydrogens (tertiary/aromatic N) is 1. The molecule has 0 spiro atoms. The molecule has 0 heterocycles. The van der Waals surface area contributed by atoms with Gasteiger partial charge in [-0.1, -0.05) is 22.0 Å². The number of ether oxygens (including phenoxy) is 1. The van der Waals surface area contributed by atoms with Gasteiger partial charge in [0.05, 0.1) is 0 Å². The van der Waals surface area contributed by atoms with E-state index in [1.165, 1.54) is 12.1 Å². The van der Waals surface area contributed by atoms with E-state index in [9.17, 15) is 9.18 Å². The van der Waals surface area contributed by atoms with E-state index >= 15 is 0 Å². The Hall–Kier alpha value is -2.39. The molecule has 0 bridgehead atoms. The van der Waals surface area contributed by atoms with Gasteiger partial charge in [0.25, 0.3) is 5.91 Å². The summed E-state index contributed by atoms with van der Waals surface area (Å²) in [5.41, 5.74) is 0.695. The van der Waals surface area contributed by atoms with Gasteiger partial charge in [0.1, 0.15) is 17.6 Å². The zero-order chi connectivity index (χ0) is 15.2. The lowest BCUT2D eigenvalue weighted by molar-refractivity contribution is 0.102. The topological polar surface area (TPSA) is 62.1 Å². The van der Waals surface area contributed by atoms with Crippen molar-refractivity contribution in [3.63, 3.8) is 0 Å². The van der Waals surface area contributed by atoms with Gasteiger partial charge in [-0.3, -0.25) is 4.79 Å². The largest absolute Gasteiger partial charge is 0.479 e. The van der Waals surface area contributed by atoms with Crippen LogP contribution in [0.3, 0.4) is 0 Å². The van der Waals surface area contributed by atoms with E-state index in [1.54, 1.807) is 24.3 Å². The first-order valence-electron chi connectivity index (χ1n) is 5.96. The first kappa shape index (κ1) is 15.0. The third-order valence-electron chi connectivity index (χ3n) is 2.52. The van der Waals surface area contributed by atoms with Crippen molar-refractivity contribution in [1.29, 1.82) is 5.26 Å². The molecule has 106 valence electrons. The first-order chi connectivity index (χ1) is 10.1. The van der Waals surface area contributed by atoms with E-state index < -0.39 is 11.7 Å². The van der Waals surface area contributed by atoms with Crippen molar-refractivity contribution in [3.8, 4) is 11.8 Å². The Kier molecular flexibility index (Phi) is 4.90. The first-order valence-corrected chi connectivity index (χ1v) is 6.75. The van der Waals surface area contributed by atoms with E-state index in [4.69, 9.17) is 10.00 Å². The molecule has 0 unspecified atom stereocenters. The number of rotatable bonds is 4. The van der Waals surface area contributed by atoms with Gasteiger partial charge in [-0.25, -0.2) is 4.39 Å². The molecule has 0 aliphatic heterocycles. The quantitative estimate of drug-likeness (QED) is 0.915. The Morgan fingerprint density at radius 1 is 1.33 bits per heavy atom. The minimum atomic E-state index is -0.499. The SMILES string of the molecule is N#CCOc1cccc(NC(=O)c2cc(F)cc(Br)c2)c1. The monoisotopic (exact) mass is 348 g/mol. The minimum Gasteiger partial charge on any atom is -0.479 e. The lowest BCUT2D eigenvalue weighted by atomic mass is 10.2. The number of hydrogen-bond acceptors (Lipinski definition) is 3. The molecule has 2 rings (SSSR count). The van der Waals surface area contributed by atoms with E-state index in [-0.39, 0.29) is 12.2 Å². The normalized spacial score (nSPS) is 9.76. The van der Waals surface area contributed by atoms with Gasteiger partial charge >= 0.3 is 0 Å². The molecular weight excluding hydrogens is 339 g/mol. The summed E-state index contributed by atoms with van der Waals surface area (Å²) < 4.78 is 18.9. The summed E-state index contributed by atoms with van der Waals surface area (Å²) in [5.74, 6) is -0.469. The van der Waals surface area contributed by atoms with Crippen LogP contribution in [0.5, 0.6) is 5.75 Å². The molecule has 0 fully saturated rings. The van der Waals surface area contributed by atoms with Gasteiger partial charge < -0.3 is 10.1 Å². The average molecular weight is 349 g/mol. The number of hydrogen-bond donors (Lipinski definition) is 1. The number of carbonyl (C=O) groups is 1. The summed E-state index contributed by atoms with van der Waals surface area (Å²) in [5, 5.41) is 11.1. The van der Waals surface area contributed by atoms with Gasteiger partial charge in [0.2, 0.25) is 0 Å². The van der Waals surface area contributed by atoms with E-state index in [2.05, 4.69) is 21.2 Å². The number of nitrogens with one attached hydrogen (secondary N) is 1. The molecule has 0 aliphatic rings. The maximum absolute atomic E-state index is 13.3. The lowest BCUT2D eigenvalue weighted by Crippen LogP contribution is -2.12. The number of halogens is 2. The number of anilines is 1. The molecule has 0 aliphatic carbocycles. The Morgan fingerprint density at radius 2 is 2.14 bits per heavy atom. The molecule has 0 aromatic heterocycles. The second-order valence-corrected chi connectivity index (χ2v) is 5.00. The van der Waals surface area contributed by atoms with Crippen molar-refractivity contribution in [2.24, 2.45) is 0 Å². The second-order valence-electron chi connectivity index (χ2n) is 4.09. The smallest absolute Gasteiger partial charge is 0.255 e. The predicted molar refractivity (Wildman–Crippen MR) is 79.6 cm³/mol. The highest BCUT2D eigenvalue weighted by Gasteiger charge is 2.09. The highest BCUT2D eigenvalue weighted by atomic mass is 79.9. The van der Waals surface area contributed by atoms with Crippen molar-refractivity contribution < 1.29 is 13.9 Å². The summed E-state index contributed by atoms with van der Waals surface area (Å²) in [7, 11) is 0. The van der Waals surface area contributed by atoms with Crippen molar-refractivity contribution in [1.82, 2.24) is 0 Å². The minimum absolute atomic E-state index is 0.0752. The number of benzene rings is 2. The maximum Gasteiger partial charge on any atom is 0.255 e. The molecule has 0 saturated heterocycles. The Morgan fingerprint density at radius 3 is 2.86 bits per heavy atom. The van der Waals surface area contributed by atoms with Crippen LogP contribution >= 0.6 is 15.9 Å². The van der Waals surface area contributed by atoms with Gasteiger partial charge in [-0.2, -0.15) is 5.26 Å². The standard InChI is InChI=1S/C15H10BrFN2O2/c16-11-6-10(7-12(17)8-11)15(20)19-13-2-1-3-14(9-13)21-5-4-18/h1-3,6-9H,5H2,(H,19,20).